The normalized spacial score (nSPS) is 14.5. The van der Waals surface area contributed by atoms with Gasteiger partial charge in [0.25, 0.3) is 0 Å². The zero-order valence-electron chi connectivity index (χ0n) is 27.4. The van der Waals surface area contributed by atoms with Gasteiger partial charge in [0.15, 0.2) is 0 Å². The predicted molar refractivity (Wildman–Crippen MR) is 167 cm³/mol. The first-order valence-corrected chi connectivity index (χ1v) is 15.4. The number of carbonyl (C=O) groups excluding carboxylic acids is 2. The zero-order chi connectivity index (χ0) is 32.9. The molecule has 0 atom stereocenters. The van der Waals surface area contributed by atoms with Gasteiger partial charge in [-0.25, -0.2) is 29.5 Å². The average Bonchev–Trinajstić information content (AvgIpc) is 3.59. The summed E-state index contributed by atoms with van der Waals surface area (Å²) in [4.78, 5) is 44.7. The third-order valence-electron chi connectivity index (χ3n) is 7.06. The van der Waals surface area contributed by atoms with E-state index in [1.54, 1.807) is 46.7 Å². The Labute approximate surface area is 268 Å². The summed E-state index contributed by atoms with van der Waals surface area (Å²) in [6.07, 6.45) is 11.6. The van der Waals surface area contributed by atoms with Gasteiger partial charge in [-0.3, -0.25) is 9.36 Å². The molecular weight excluding hydrogens is 588 g/mol. The average molecular weight is 631 g/mol. The molecule has 0 radical (unpaired) electrons. The number of rotatable bonds is 4. The summed E-state index contributed by atoms with van der Waals surface area (Å²) in [6.45, 7) is 14.6. The summed E-state index contributed by atoms with van der Waals surface area (Å²) in [6, 6.07) is 3.58. The molecule has 0 aromatic carbocycles. The molecule has 0 saturated heterocycles. The van der Waals surface area contributed by atoms with Gasteiger partial charge in [0.2, 0.25) is 0 Å². The summed E-state index contributed by atoms with van der Waals surface area (Å²) >= 11 is 0. The lowest BCUT2D eigenvalue weighted by molar-refractivity contribution is 0.0213. The van der Waals surface area contributed by atoms with E-state index in [0.717, 1.165) is 47.0 Å². The Bertz CT molecular complexity index is 1590. The van der Waals surface area contributed by atoms with Gasteiger partial charge in [0, 0.05) is 73.7 Å². The van der Waals surface area contributed by atoms with E-state index in [1.807, 2.05) is 63.3 Å². The molecule has 0 aliphatic carbocycles. The molecule has 0 bridgehead atoms. The van der Waals surface area contributed by atoms with Gasteiger partial charge >= 0.3 is 12.2 Å². The molecule has 4 aromatic rings. The first-order chi connectivity index (χ1) is 21.8. The Morgan fingerprint density at radius 3 is 1.83 bits per heavy atom. The highest BCUT2D eigenvalue weighted by molar-refractivity contribution is 5.69. The Morgan fingerprint density at radius 2 is 1.26 bits per heavy atom. The van der Waals surface area contributed by atoms with Crippen LogP contribution in [0.1, 0.15) is 75.7 Å². The summed E-state index contributed by atoms with van der Waals surface area (Å²) in [5.41, 5.74) is 3.31. The standard InChI is InChI=1S/2C16H21N5O2/c1-16(2,3)23-15(22)20-8-5-13-12(9-20)10-21(19-13)11-14-17-6-4-7-18-14;1-16(2,3)23-15(22)20-8-5-13-12(10-20)9-19-21(13)11-14-17-6-4-7-18-14/h4,6-7,10H,5,8-9,11H2,1-3H3;4,6-7,9H,5,8,10-11H2,1-3H3. The zero-order valence-corrected chi connectivity index (χ0v) is 27.4. The molecule has 14 nitrogen and oxygen atoms in total. The lowest BCUT2D eigenvalue weighted by Gasteiger charge is -2.30. The number of nitrogens with zero attached hydrogens (tertiary/aromatic N) is 10. The van der Waals surface area contributed by atoms with E-state index < -0.39 is 11.2 Å². The van der Waals surface area contributed by atoms with Crippen LogP contribution in [-0.4, -0.2) is 85.8 Å². The quantitative estimate of drug-likeness (QED) is 0.324. The largest absolute Gasteiger partial charge is 0.444 e. The minimum Gasteiger partial charge on any atom is -0.444 e. The third kappa shape index (κ3) is 8.86. The van der Waals surface area contributed by atoms with Crippen LogP contribution in [0.4, 0.5) is 9.59 Å². The second-order valence-electron chi connectivity index (χ2n) is 13.2. The van der Waals surface area contributed by atoms with Gasteiger partial charge in [0.05, 0.1) is 25.0 Å². The second kappa shape index (κ2) is 13.6. The van der Waals surface area contributed by atoms with E-state index in [9.17, 15) is 9.59 Å². The minimum atomic E-state index is -0.480. The van der Waals surface area contributed by atoms with Crippen molar-refractivity contribution in [1.82, 2.24) is 49.3 Å². The number of hydrogen-bond donors (Lipinski definition) is 0. The van der Waals surface area contributed by atoms with E-state index in [1.165, 1.54) is 0 Å². The van der Waals surface area contributed by atoms with Gasteiger partial charge in [-0.2, -0.15) is 10.2 Å². The smallest absolute Gasteiger partial charge is 0.410 e. The van der Waals surface area contributed by atoms with Gasteiger partial charge < -0.3 is 19.3 Å². The SMILES string of the molecule is CC(C)(C)OC(=O)N1CCc2c(cnn2Cc2ncccn2)C1.CC(C)(C)OC(=O)N1CCc2nn(Cc3ncccn3)cc2C1. The van der Waals surface area contributed by atoms with Gasteiger partial charge in [-0.1, -0.05) is 0 Å². The molecule has 0 N–H and O–H groups in total. The molecular formula is C32H42N10O4. The first kappa shape index (κ1) is 32.5. The highest BCUT2D eigenvalue weighted by Crippen LogP contribution is 2.22. The van der Waals surface area contributed by atoms with Gasteiger partial charge in [-0.05, 0) is 53.7 Å². The highest BCUT2D eigenvalue weighted by atomic mass is 16.6. The van der Waals surface area contributed by atoms with Crippen LogP contribution in [0.15, 0.2) is 49.3 Å². The monoisotopic (exact) mass is 630 g/mol. The molecule has 0 saturated carbocycles. The van der Waals surface area contributed by atoms with Crippen molar-refractivity contribution in [3.63, 3.8) is 0 Å². The second-order valence-corrected chi connectivity index (χ2v) is 13.2. The maximum absolute atomic E-state index is 12.2. The van der Waals surface area contributed by atoms with Crippen LogP contribution in [0.3, 0.4) is 0 Å². The van der Waals surface area contributed by atoms with Crippen LogP contribution < -0.4 is 0 Å². The Hall–Kier alpha value is -4.88. The number of amides is 2. The van der Waals surface area contributed by atoms with E-state index >= 15 is 0 Å². The van der Waals surface area contributed by atoms with Crippen LogP contribution >= 0.6 is 0 Å². The molecule has 2 aliphatic rings. The predicted octanol–water partition coefficient (Wildman–Crippen LogP) is 4.03. The molecule has 2 amide bonds. The van der Waals surface area contributed by atoms with Crippen molar-refractivity contribution in [2.75, 3.05) is 13.1 Å². The van der Waals surface area contributed by atoms with Gasteiger partial charge in [-0.15, -0.1) is 0 Å². The molecule has 0 spiro atoms. The van der Waals surface area contributed by atoms with Crippen molar-refractivity contribution in [1.29, 1.82) is 0 Å². The molecule has 46 heavy (non-hydrogen) atoms. The molecule has 4 aromatic heterocycles. The fourth-order valence-corrected chi connectivity index (χ4v) is 5.05. The minimum absolute atomic E-state index is 0.276. The molecule has 0 fully saturated rings. The number of hydrogen-bond acceptors (Lipinski definition) is 10. The molecule has 6 rings (SSSR count). The van der Waals surface area contributed by atoms with E-state index in [-0.39, 0.29) is 12.2 Å². The summed E-state index contributed by atoms with van der Waals surface area (Å²) < 4.78 is 14.6. The fourth-order valence-electron chi connectivity index (χ4n) is 5.05. The van der Waals surface area contributed by atoms with Crippen LogP contribution in [0, 0.1) is 0 Å². The molecule has 14 heteroatoms. The molecule has 0 unspecified atom stereocenters. The lowest BCUT2D eigenvalue weighted by Crippen LogP contribution is -2.40. The maximum Gasteiger partial charge on any atom is 0.410 e. The van der Waals surface area contributed by atoms with Gasteiger partial charge in [0.1, 0.15) is 35.9 Å². The van der Waals surface area contributed by atoms with Crippen molar-refractivity contribution < 1.29 is 19.1 Å². The summed E-state index contributed by atoms with van der Waals surface area (Å²) in [5, 5.41) is 8.99. The first-order valence-electron chi connectivity index (χ1n) is 15.4. The third-order valence-corrected chi connectivity index (χ3v) is 7.06. The van der Waals surface area contributed by atoms with Crippen LogP contribution in [0.5, 0.6) is 0 Å². The number of fused-ring (bicyclic) bond motifs is 2. The summed E-state index contributed by atoms with van der Waals surface area (Å²) in [7, 11) is 0. The van der Waals surface area contributed by atoms with Crippen LogP contribution in [-0.2, 0) is 48.5 Å². The summed E-state index contributed by atoms with van der Waals surface area (Å²) in [5.74, 6) is 1.45. The van der Waals surface area contributed by atoms with Crippen LogP contribution in [0.25, 0.3) is 0 Å². The molecule has 2 aliphatic heterocycles. The fraction of sp³-hybridized carbons (Fsp3) is 0.500. The number of carbonyl (C=O) groups is 2. The highest BCUT2D eigenvalue weighted by Gasteiger charge is 2.29. The Kier molecular flexibility index (Phi) is 9.63. The number of ether oxygens (including phenoxy) is 2. The van der Waals surface area contributed by atoms with E-state index in [2.05, 4.69) is 30.1 Å². The van der Waals surface area contributed by atoms with Crippen molar-refractivity contribution in [2.24, 2.45) is 0 Å². The number of aromatic nitrogens is 8. The van der Waals surface area contributed by atoms with Crippen LogP contribution in [0.2, 0.25) is 0 Å². The van der Waals surface area contributed by atoms with Crippen molar-refractivity contribution >= 4 is 12.2 Å². The molecule has 244 valence electrons. The van der Waals surface area contributed by atoms with E-state index in [4.69, 9.17) is 9.47 Å². The maximum atomic E-state index is 12.2. The Balaban J connectivity index is 0.000000181. The Morgan fingerprint density at radius 1 is 0.739 bits per heavy atom. The van der Waals surface area contributed by atoms with Crippen molar-refractivity contribution in [3.05, 3.63) is 83.5 Å². The lowest BCUT2D eigenvalue weighted by atomic mass is 10.1. The molecule has 6 heterocycles. The topological polar surface area (TPSA) is 146 Å². The van der Waals surface area contributed by atoms with Crippen molar-refractivity contribution in [3.8, 4) is 0 Å². The van der Waals surface area contributed by atoms with E-state index in [0.29, 0.717) is 39.3 Å². The van der Waals surface area contributed by atoms with Crippen molar-refractivity contribution in [2.45, 2.75) is 91.8 Å².